The van der Waals surface area contributed by atoms with Gasteiger partial charge in [-0.05, 0) is 16.8 Å². The van der Waals surface area contributed by atoms with Gasteiger partial charge < -0.3 is 9.47 Å². The lowest BCUT2D eigenvalue weighted by molar-refractivity contribution is 0.415. The summed E-state index contributed by atoms with van der Waals surface area (Å²) in [6.07, 6.45) is 0. The number of methoxy groups -OCH3 is 2. The van der Waals surface area contributed by atoms with Crippen molar-refractivity contribution in [1.82, 2.24) is 0 Å². The Balaban J connectivity index is 2.34. The molecule has 0 fully saturated rings. The zero-order chi connectivity index (χ0) is 12.7. The molecule has 18 heavy (non-hydrogen) atoms. The van der Waals surface area contributed by atoms with Crippen molar-refractivity contribution in [3.05, 3.63) is 46.6 Å². The number of benzene rings is 2. The molecule has 3 rings (SSSR count). The van der Waals surface area contributed by atoms with E-state index in [1.165, 1.54) is 7.11 Å². The van der Waals surface area contributed by atoms with Gasteiger partial charge in [0.15, 0.2) is 5.75 Å². The quantitative estimate of drug-likeness (QED) is 0.706. The first-order chi connectivity index (χ1) is 8.77. The topological polar surface area (TPSA) is 35.5 Å². The predicted octanol–water partition coefficient (Wildman–Crippen LogP) is 2.76. The van der Waals surface area contributed by atoms with Crippen LogP contribution >= 0.6 is 0 Å². The van der Waals surface area contributed by atoms with Crippen LogP contribution in [0, 0.1) is 0 Å². The SMILES string of the molecule is COc1ccc2ccccc2c1-c1c(OC)c1=O. The Hall–Kier alpha value is -2.29. The molecule has 3 aromatic rings. The molecule has 0 unspecified atom stereocenters. The van der Waals surface area contributed by atoms with Crippen LogP contribution in [0.25, 0.3) is 21.9 Å². The summed E-state index contributed by atoms with van der Waals surface area (Å²) in [6.45, 7) is 0. The summed E-state index contributed by atoms with van der Waals surface area (Å²) >= 11 is 0. The van der Waals surface area contributed by atoms with E-state index >= 15 is 0 Å². The molecule has 0 spiro atoms. The van der Waals surface area contributed by atoms with Crippen LogP contribution in [0.1, 0.15) is 0 Å². The molecular formula is C15H12O3. The van der Waals surface area contributed by atoms with Crippen molar-refractivity contribution in [3.63, 3.8) is 0 Å². The Kier molecular flexibility index (Phi) is 2.33. The van der Waals surface area contributed by atoms with Crippen molar-refractivity contribution in [3.8, 4) is 22.6 Å². The first kappa shape index (κ1) is 10.8. The second-order valence-electron chi connectivity index (χ2n) is 4.10. The third-order valence-corrected chi connectivity index (χ3v) is 3.16. The van der Waals surface area contributed by atoms with E-state index in [1.54, 1.807) is 7.11 Å². The second kappa shape index (κ2) is 3.88. The molecule has 0 atom stereocenters. The van der Waals surface area contributed by atoms with Crippen molar-refractivity contribution in [2.45, 2.75) is 0 Å². The second-order valence-corrected chi connectivity index (χ2v) is 4.10. The van der Waals surface area contributed by atoms with Gasteiger partial charge in [0, 0.05) is 5.56 Å². The van der Waals surface area contributed by atoms with Crippen molar-refractivity contribution in [1.29, 1.82) is 0 Å². The summed E-state index contributed by atoms with van der Waals surface area (Å²) in [5.74, 6) is 1.13. The highest BCUT2D eigenvalue weighted by atomic mass is 16.5. The first-order valence-corrected chi connectivity index (χ1v) is 5.67. The number of ether oxygens (including phenoxy) is 2. The predicted molar refractivity (Wildman–Crippen MR) is 71.1 cm³/mol. The van der Waals surface area contributed by atoms with Gasteiger partial charge in [-0.3, -0.25) is 4.79 Å². The molecule has 0 aromatic heterocycles. The normalized spacial score (nSPS) is 11.0. The number of hydrogen-bond donors (Lipinski definition) is 0. The number of hydrogen-bond acceptors (Lipinski definition) is 3. The lowest BCUT2D eigenvalue weighted by Gasteiger charge is -2.08. The van der Waals surface area contributed by atoms with Gasteiger partial charge in [-0.15, -0.1) is 0 Å². The first-order valence-electron chi connectivity index (χ1n) is 5.67. The maximum Gasteiger partial charge on any atom is 0.232 e. The fourth-order valence-corrected chi connectivity index (χ4v) is 2.26. The van der Waals surface area contributed by atoms with Crippen LogP contribution < -0.4 is 14.9 Å². The average molecular weight is 240 g/mol. The van der Waals surface area contributed by atoms with E-state index in [4.69, 9.17) is 9.47 Å². The zero-order valence-corrected chi connectivity index (χ0v) is 10.2. The molecule has 0 heterocycles. The van der Waals surface area contributed by atoms with Crippen molar-refractivity contribution < 1.29 is 9.47 Å². The third-order valence-electron chi connectivity index (χ3n) is 3.16. The van der Waals surface area contributed by atoms with E-state index in [0.29, 0.717) is 17.1 Å². The maximum absolute atomic E-state index is 11.7. The molecule has 0 aliphatic carbocycles. The van der Waals surface area contributed by atoms with Crippen LogP contribution in [0.5, 0.6) is 11.5 Å². The van der Waals surface area contributed by atoms with Crippen LogP contribution in [0.2, 0.25) is 0 Å². The largest absolute Gasteiger partial charge is 0.496 e. The molecule has 0 saturated heterocycles. The van der Waals surface area contributed by atoms with Gasteiger partial charge in [-0.2, -0.15) is 0 Å². The summed E-state index contributed by atoms with van der Waals surface area (Å²) in [5, 5.41) is 2.09. The lowest BCUT2D eigenvalue weighted by atomic mass is 10.0. The van der Waals surface area contributed by atoms with E-state index in [0.717, 1.165) is 16.3 Å². The Morgan fingerprint density at radius 3 is 2.33 bits per heavy atom. The van der Waals surface area contributed by atoms with Crippen molar-refractivity contribution >= 4 is 10.8 Å². The Labute approximate surface area is 104 Å². The Bertz CT molecular complexity index is 733. The number of rotatable bonds is 3. The Morgan fingerprint density at radius 2 is 1.67 bits per heavy atom. The van der Waals surface area contributed by atoms with Crippen LogP contribution in [0.15, 0.2) is 41.2 Å². The minimum absolute atomic E-state index is 0.0350. The molecule has 3 aromatic carbocycles. The summed E-state index contributed by atoms with van der Waals surface area (Å²) in [5.41, 5.74) is 1.43. The van der Waals surface area contributed by atoms with Crippen LogP contribution in [0.3, 0.4) is 0 Å². The standard InChI is InChI=1S/C15H12O3/c1-17-11-8-7-9-5-3-4-6-10(9)12(11)13-14(16)15(13)18-2/h3-8H,1-2H3. The highest BCUT2D eigenvalue weighted by Crippen LogP contribution is 2.42. The summed E-state index contributed by atoms with van der Waals surface area (Å²) in [6, 6.07) is 11.8. The molecule has 0 aliphatic heterocycles. The van der Waals surface area contributed by atoms with Crippen LogP contribution in [0.4, 0.5) is 0 Å². The highest BCUT2D eigenvalue weighted by Gasteiger charge is 2.29. The van der Waals surface area contributed by atoms with Crippen molar-refractivity contribution in [2.75, 3.05) is 14.2 Å². The fraction of sp³-hybridized carbons (Fsp3) is 0.133. The molecule has 0 radical (unpaired) electrons. The minimum Gasteiger partial charge on any atom is -0.496 e. The molecule has 0 N–H and O–H groups in total. The smallest absolute Gasteiger partial charge is 0.232 e. The molecule has 3 heteroatoms. The lowest BCUT2D eigenvalue weighted by Crippen LogP contribution is -1.89. The van der Waals surface area contributed by atoms with Crippen LogP contribution in [-0.2, 0) is 0 Å². The molecule has 0 bridgehead atoms. The summed E-state index contributed by atoms with van der Waals surface area (Å²) in [7, 11) is 3.12. The van der Waals surface area contributed by atoms with Gasteiger partial charge >= 0.3 is 0 Å². The fourth-order valence-electron chi connectivity index (χ4n) is 2.26. The maximum atomic E-state index is 11.7. The average Bonchev–Trinajstić information content (AvgIpc) is 3.07. The van der Waals surface area contributed by atoms with Gasteiger partial charge in [-0.1, -0.05) is 30.3 Å². The molecule has 0 aliphatic rings. The molecule has 3 nitrogen and oxygen atoms in total. The van der Waals surface area contributed by atoms with E-state index < -0.39 is 0 Å². The van der Waals surface area contributed by atoms with Crippen molar-refractivity contribution in [2.24, 2.45) is 0 Å². The van der Waals surface area contributed by atoms with E-state index in [1.807, 2.05) is 36.4 Å². The third kappa shape index (κ3) is 1.40. The zero-order valence-electron chi connectivity index (χ0n) is 10.2. The van der Waals surface area contributed by atoms with Gasteiger partial charge in [0.25, 0.3) is 0 Å². The summed E-state index contributed by atoms with van der Waals surface area (Å²) in [4.78, 5) is 11.7. The van der Waals surface area contributed by atoms with Gasteiger partial charge in [0.05, 0.1) is 19.8 Å². The molecule has 0 saturated carbocycles. The number of fused-ring (bicyclic) bond motifs is 1. The summed E-state index contributed by atoms with van der Waals surface area (Å²) < 4.78 is 10.4. The molecule has 90 valence electrons. The van der Waals surface area contributed by atoms with Crippen LogP contribution in [-0.4, -0.2) is 14.2 Å². The van der Waals surface area contributed by atoms with Gasteiger partial charge in [-0.25, -0.2) is 0 Å². The highest BCUT2D eigenvalue weighted by molar-refractivity contribution is 6.03. The minimum atomic E-state index is -0.0350. The van der Waals surface area contributed by atoms with E-state index in [9.17, 15) is 4.79 Å². The molecular weight excluding hydrogens is 228 g/mol. The Morgan fingerprint density at radius 1 is 0.889 bits per heavy atom. The van der Waals surface area contributed by atoms with E-state index in [-0.39, 0.29) is 5.43 Å². The monoisotopic (exact) mass is 240 g/mol. The van der Waals surface area contributed by atoms with Gasteiger partial charge in [0.2, 0.25) is 5.43 Å². The molecule has 0 amide bonds. The van der Waals surface area contributed by atoms with E-state index in [2.05, 4.69) is 0 Å². The van der Waals surface area contributed by atoms with Gasteiger partial charge in [0.1, 0.15) is 5.75 Å².